The second-order valence-corrected chi connectivity index (χ2v) is 5.73. The normalized spacial score (nSPS) is 15.2. The molecule has 0 aromatic heterocycles. The van der Waals surface area contributed by atoms with Gasteiger partial charge in [0.2, 0.25) is 5.91 Å². The lowest BCUT2D eigenvalue weighted by Gasteiger charge is -2.23. The zero-order valence-corrected chi connectivity index (χ0v) is 13.4. The van der Waals surface area contributed by atoms with E-state index < -0.39 is 0 Å². The number of ether oxygens (including phenoxy) is 1. The Morgan fingerprint density at radius 2 is 2.00 bits per heavy atom. The Bertz CT molecular complexity index is 554. The summed E-state index contributed by atoms with van der Waals surface area (Å²) in [6.45, 7) is 2.22. The van der Waals surface area contributed by atoms with Crippen molar-refractivity contribution in [1.29, 1.82) is 0 Å². The van der Waals surface area contributed by atoms with E-state index in [4.69, 9.17) is 4.74 Å². The fourth-order valence-corrected chi connectivity index (χ4v) is 2.70. The summed E-state index contributed by atoms with van der Waals surface area (Å²) in [5.41, 5.74) is 0.653. The zero-order valence-electron chi connectivity index (χ0n) is 13.4. The van der Waals surface area contributed by atoms with Crippen LogP contribution in [0.1, 0.15) is 49.4 Å². The van der Waals surface area contributed by atoms with E-state index in [1.54, 1.807) is 13.0 Å². The summed E-state index contributed by atoms with van der Waals surface area (Å²) in [5, 5.41) is 15.6. The van der Waals surface area contributed by atoms with Crippen LogP contribution in [0.15, 0.2) is 18.2 Å². The molecule has 0 aliphatic heterocycles. The second kappa shape index (κ2) is 8.53. The number of benzene rings is 1. The maximum Gasteiger partial charge on any atom is 0.255 e. The van der Waals surface area contributed by atoms with Crippen molar-refractivity contribution < 1.29 is 19.4 Å². The molecule has 1 aromatic carbocycles. The summed E-state index contributed by atoms with van der Waals surface area (Å²) in [6.07, 6.45) is 5.44. The van der Waals surface area contributed by atoms with Crippen LogP contribution in [0.5, 0.6) is 5.75 Å². The van der Waals surface area contributed by atoms with Crippen LogP contribution in [0.3, 0.4) is 0 Å². The van der Waals surface area contributed by atoms with Gasteiger partial charge < -0.3 is 20.5 Å². The number of hydrogen-bond acceptors (Lipinski definition) is 4. The second-order valence-electron chi connectivity index (χ2n) is 5.73. The minimum absolute atomic E-state index is 0.0405. The van der Waals surface area contributed by atoms with Gasteiger partial charge in [-0.25, -0.2) is 0 Å². The summed E-state index contributed by atoms with van der Waals surface area (Å²) < 4.78 is 5.01. The molecule has 0 unspecified atom stereocenters. The highest BCUT2D eigenvalue weighted by Crippen LogP contribution is 2.23. The van der Waals surface area contributed by atoms with Crippen molar-refractivity contribution in [3.05, 3.63) is 23.8 Å². The fourth-order valence-electron chi connectivity index (χ4n) is 2.70. The van der Waals surface area contributed by atoms with Crippen molar-refractivity contribution in [3.63, 3.8) is 0 Å². The standard InChI is InChI=1S/C17H24N2O4/c1-2-23-11-16(21)18-13-8-9-14(15(20)10-13)17(22)19-12-6-4-3-5-7-12/h8-10,12,20H,2-7,11H2,1H3,(H,18,21)(H,19,22). The molecular weight excluding hydrogens is 296 g/mol. The molecule has 1 aliphatic rings. The van der Waals surface area contributed by atoms with E-state index in [0.717, 1.165) is 25.7 Å². The van der Waals surface area contributed by atoms with Crippen LogP contribution >= 0.6 is 0 Å². The van der Waals surface area contributed by atoms with Gasteiger partial charge in [-0.05, 0) is 31.9 Å². The summed E-state index contributed by atoms with van der Waals surface area (Å²) in [4.78, 5) is 23.8. The average Bonchev–Trinajstić information content (AvgIpc) is 2.54. The minimum Gasteiger partial charge on any atom is -0.507 e. The Morgan fingerprint density at radius 1 is 1.26 bits per heavy atom. The topological polar surface area (TPSA) is 87.7 Å². The smallest absolute Gasteiger partial charge is 0.255 e. The van der Waals surface area contributed by atoms with Crippen molar-refractivity contribution in [2.45, 2.75) is 45.1 Å². The van der Waals surface area contributed by atoms with Gasteiger partial charge in [0, 0.05) is 24.4 Å². The predicted octanol–water partition coefficient (Wildman–Crippen LogP) is 2.43. The third-order valence-electron chi connectivity index (χ3n) is 3.90. The number of rotatable bonds is 6. The van der Waals surface area contributed by atoms with Crippen LogP contribution < -0.4 is 10.6 Å². The van der Waals surface area contributed by atoms with Crippen LogP contribution in [0.4, 0.5) is 5.69 Å². The first-order valence-corrected chi connectivity index (χ1v) is 8.11. The Kier molecular flexibility index (Phi) is 6.40. The maximum atomic E-state index is 12.2. The predicted molar refractivity (Wildman–Crippen MR) is 87.6 cm³/mol. The molecule has 126 valence electrons. The highest BCUT2D eigenvalue weighted by Gasteiger charge is 2.19. The van der Waals surface area contributed by atoms with Crippen LogP contribution in [0.2, 0.25) is 0 Å². The summed E-state index contributed by atoms with van der Waals surface area (Å²) in [7, 11) is 0. The lowest BCUT2D eigenvalue weighted by atomic mass is 9.95. The number of nitrogens with one attached hydrogen (secondary N) is 2. The number of phenolic OH excluding ortho intramolecular Hbond substituents is 1. The molecule has 0 bridgehead atoms. The number of carbonyl (C=O) groups is 2. The number of hydrogen-bond donors (Lipinski definition) is 3. The lowest BCUT2D eigenvalue weighted by Crippen LogP contribution is -2.36. The van der Waals surface area contributed by atoms with Gasteiger partial charge in [0.1, 0.15) is 12.4 Å². The first kappa shape index (κ1) is 17.3. The molecule has 1 aromatic rings. The first-order valence-electron chi connectivity index (χ1n) is 8.11. The molecule has 0 heterocycles. The summed E-state index contributed by atoms with van der Waals surface area (Å²) in [5.74, 6) is -0.722. The molecule has 6 heteroatoms. The summed E-state index contributed by atoms with van der Waals surface area (Å²) in [6, 6.07) is 4.67. The van der Waals surface area contributed by atoms with E-state index in [-0.39, 0.29) is 35.8 Å². The van der Waals surface area contributed by atoms with E-state index in [1.807, 2.05) is 0 Å². The molecule has 6 nitrogen and oxygen atoms in total. The summed E-state index contributed by atoms with van der Waals surface area (Å²) >= 11 is 0. The number of phenols is 1. The van der Waals surface area contributed by atoms with Gasteiger partial charge in [0.25, 0.3) is 5.91 Å². The van der Waals surface area contributed by atoms with Crippen LogP contribution in [-0.4, -0.2) is 36.2 Å². The van der Waals surface area contributed by atoms with Crippen molar-refractivity contribution >= 4 is 17.5 Å². The molecule has 2 amide bonds. The molecule has 3 N–H and O–H groups in total. The van der Waals surface area contributed by atoms with Crippen LogP contribution in [0.25, 0.3) is 0 Å². The van der Waals surface area contributed by atoms with Crippen LogP contribution in [0, 0.1) is 0 Å². The van der Waals surface area contributed by atoms with Crippen molar-refractivity contribution in [1.82, 2.24) is 5.32 Å². The minimum atomic E-state index is -0.300. The van der Waals surface area contributed by atoms with E-state index >= 15 is 0 Å². The van der Waals surface area contributed by atoms with E-state index in [1.165, 1.54) is 18.6 Å². The molecule has 23 heavy (non-hydrogen) atoms. The Balaban J connectivity index is 1.95. The first-order chi connectivity index (χ1) is 11.1. The Labute approximate surface area is 136 Å². The number of amides is 2. The molecule has 1 saturated carbocycles. The van der Waals surface area contributed by atoms with Gasteiger partial charge in [0.15, 0.2) is 0 Å². The highest BCUT2D eigenvalue weighted by molar-refractivity contribution is 5.98. The fraction of sp³-hybridized carbons (Fsp3) is 0.529. The van der Waals surface area contributed by atoms with Gasteiger partial charge in [-0.3, -0.25) is 9.59 Å². The number of carbonyl (C=O) groups excluding carboxylic acids is 2. The van der Waals surface area contributed by atoms with Gasteiger partial charge in [0.05, 0.1) is 5.56 Å². The highest BCUT2D eigenvalue weighted by atomic mass is 16.5. The molecular formula is C17H24N2O4. The molecule has 0 atom stereocenters. The molecule has 1 aliphatic carbocycles. The average molecular weight is 320 g/mol. The Morgan fingerprint density at radius 3 is 2.65 bits per heavy atom. The number of anilines is 1. The van der Waals surface area contributed by atoms with Crippen molar-refractivity contribution in [2.75, 3.05) is 18.5 Å². The maximum absolute atomic E-state index is 12.2. The Hall–Kier alpha value is -2.08. The largest absolute Gasteiger partial charge is 0.507 e. The van der Waals surface area contributed by atoms with E-state index in [0.29, 0.717) is 12.3 Å². The monoisotopic (exact) mass is 320 g/mol. The third-order valence-corrected chi connectivity index (χ3v) is 3.90. The SMILES string of the molecule is CCOCC(=O)Nc1ccc(C(=O)NC2CCCCC2)c(O)c1. The van der Waals surface area contributed by atoms with Crippen LogP contribution in [-0.2, 0) is 9.53 Å². The van der Waals surface area contributed by atoms with Gasteiger partial charge in [-0.2, -0.15) is 0 Å². The number of aromatic hydroxyl groups is 1. The third kappa shape index (κ3) is 5.25. The van der Waals surface area contributed by atoms with Gasteiger partial charge >= 0.3 is 0 Å². The zero-order chi connectivity index (χ0) is 16.7. The molecule has 2 rings (SSSR count). The van der Waals surface area contributed by atoms with Gasteiger partial charge in [-0.1, -0.05) is 19.3 Å². The van der Waals surface area contributed by atoms with Crippen molar-refractivity contribution in [3.8, 4) is 5.75 Å². The molecule has 0 saturated heterocycles. The van der Waals surface area contributed by atoms with E-state index in [2.05, 4.69) is 10.6 Å². The molecule has 0 spiro atoms. The molecule has 0 radical (unpaired) electrons. The van der Waals surface area contributed by atoms with Gasteiger partial charge in [-0.15, -0.1) is 0 Å². The lowest BCUT2D eigenvalue weighted by molar-refractivity contribution is -0.120. The van der Waals surface area contributed by atoms with Crippen molar-refractivity contribution in [2.24, 2.45) is 0 Å². The molecule has 1 fully saturated rings. The van der Waals surface area contributed by atoms with E-state index in [9.17, 15) is 14.7 Å². The quantitative estimate of drug-likeness (QED) is 0.751.